The molecule has 7 nitrogen and oxygen atoms in total. The van der Waals surface area contributed by atoms with E-state index in [1.807, 2.05) is 17.9 Å². The Morgan fingerprint density at radius 2 is 2.15 bits per heavy atom. The Balaban J connectivity index is 1.72. The van der Waals surface area contributed by atoms with Crippen molar-refractivity contribution in [1.82, 2.24) is 19.7 Å². The molecule has 0 saturated heterocycles. The maximum absolute atomic E-state index is 13.0. The number of methoxy groups -OCH3 is 1. The summed E-state index contributed by atoms with van der Waals surface area (Å²) in [6, 6.07) is 3.43. The van der Waals surface area contributed by atoms with E-state index in [1.54, 1.807) is 47.9 Å². The number of carbonyl (C=O) groups is 1. The van der Waals surface area contributed by atoms with Crippen LogP contribution in [0.15, 0.2) is 30.7 Å². The van der Waals surface area contributed by atoms with Gasteiger partial charge < -0.3 is 4.74 Å². The van der Waals surface area contributed by atoms with Crippen LogP contribution in [0.3, 0.4) is 0 Å². The zero-order valence-electron chi connectivity index (χ0n) is 14.7. The van der Waals surface area contributed by atoms with E-state index in [4.69, 9.17) is 9.72 Å². The molecule has 3 heterocycles. The van der Waals surface area contributed by atoms with Gasteiger partial charge in [-0.2, -0.15) is 5.10 Å². The number of amides is 1. The molecular formula is C18H19N5O2S. The molecule has 0 bridgehead atoms. The molecule has 0 N–H and O–H groups in total. The fourth-order valence-corrected chi connectivity index (χ4v) is 4.24. The fraction of sp³-hybridized carbons (Fsp3) is 0.333. The van der Waals surface area contributed by atoms with Crippen molar-refractivity contribution in [2.45, 2.75) is 12.8 Å². The first-order valence-electron chi connectivity index (χ1n) is 8.41. The van der Waals surface area contributed by atoms with Crippen LogP contribution < -0.4 is 4.90 Å². The summed E-state index contributed by atoms with van der Waals surface area (Å²) in [4.78, 5) is 24.7. The first-order chi connectivity index (χ1) is 12.7. The average Bonchev–Trinajstić information content (AvgIpc) is 3.26. The van der Waals surface area contributed by atoms with Crippen molar-refractivity contribution in [2.24, 2.45) is 7.05 Å². The Kier molecular flexibility index (Phi) is 4.52. The molecule has 0 aromatic carbocycles. The van der Waals surface area contributed by atoms with E-state index in [0.717, 1.165) is 24.1 Å². The number of rotatable bonds is 5. The SMILES string of the molecule is COCCN(C(=O)c1ccncc1)c1nc2c(s1)CCc1c-2cnn1C. The number of aryl methyl sites for hydroxylation is 2. The van der Waals surface area contributed by atoms with Gasteiger partial charge in [-0.05, 0) is 25.0 Å². The summed E-state index contributed by atoms with van der Waals surface area (Å²) in [7, 11) is 3.58. The standard InChI is InChI=1S/C18H19N5O2S/c1-22-14-3-4-15-16(13(14)11-20-22)21-18(26-15)23(9-10-25-2)17(24)12-5-7-19-8-6-12/h5-8,11H,3-4,9-10H2,1-2H3. The molecule has 1 amide bonds. The second-order valence-electron chi connectivity index (χ2n) is 6.08. The number of nitrogens with zero attached hydrogens (tertiary/aromatic N) is 5. The van der Waals surface area contributed by atoms with E-state index in [-0.39, 0.29) is 5.91 Å². The number of ether oxygens (including phenoxy) is 1. The first kappa shape index (κ1) is 16.9. The van der Waals surface area contributed by atoms with E-state index in [9.17, 15) is 4.79 Å². The molecule has 0 aliphatic heterocycles. The molecule has 4 rings (SSSR count). The van der Waals surface area contributed by atoms with E-state index < -0.39 is 0 Å². The molecule has 3 aromatic heterocycles. The topological polar surface area (TPSA) is 73.1 Å². The summed E-state index contributed by atoms with van der Waals surface area (Å²) in [5, 5.41) is 5.06. The number of carbonyl (C=O) groups excluding carboxylic acids is 1. The third-order valence-corrected chi connectivity index (χ3v) is 5.65. The lowest BCUT2D eigenvalue weighted by Crippen LogP contribution is -2.33. The molecule has 0 saturated carbocycles. The van der Waals surface area contributed by atoms with Gasteiger partial charge in [0.25, 0.3) is 5.91 Å². The zero-order chi connectivity index (χ0) is 18.1. The van der Waals surface area contributed by atoms with E-state index >= 15 is 0 Å². The lowest BCUT2D eigenvalue weighted by Gasteiger charge is -2.19. The molecule has 3 aromatic rings. The summed E-state index contributed by atoms with van der Waals surface area (Å²) in [6.07, 6.45) is 6.96. The third-order valence-electron chi connectivity index (χ3n) is 4.51. The van der Waals surface area contributed by atoms with E-state index in [2.05, 4.69) is 10.1 Å². The second-order valence-corrected chi connectivity index (χ2v) is 7.14. The summed E-state index contributed by atoms with van der Waals surface area (Å²) in [6.45, 7) is 0.892. The van der Waals surface area contributed by atoms with Crippen LogP contribution in [0.25, 0.3) is 11.3 Å². The lowest BCUT2D eigenvalue weighted by atomic mass is 10.0. The maximum Gasteiger partial charge on any atom is 0.260 e. The van der Waals surface area contributed by atoms with Gasteiger partial charge in [0.15, 0.2) is 5.13 Å². The van der Waals surface area contributed by atoms with Crippen LogP contribution in [0.4, 0.5) is 5.13 Å². The number of thiazole rings is 1. The highest BCUT2D eigenvalue weighted by atomic mass is 32.1. The first-order valence-corrected chi connectivity index (χ1v) is 9.22. The molecule has 0 spiro atoms. The molecule has 0 radical (unpaired) electrons. The predicted molar refractivity (Wildman–Crippen MR) is 99.5 cm³/mol. The second kappa shape index (κ2) is 6.97. The number of aromatic nitrogens is 4. The van der Waals surface area contributed by atoms with Gasteiger partial charge in [0.05, 0.1) is 25.0 Å². The molecule has 0 unspecified atom stereocenters. The molecule has 8 heteroatoms. The van der Waals surface area contributed by atoms with Gasteiger partial charge in [0.1, 0.15) is 0 Å². The Morgan fingerprint density at radius 1 is 1.35 bits per heavy atom. The molecule has 0 fully saturated rings. The summed E-state index contributed by atoms with van der Waals surface area (Å²) >= 11 is 1.58. The highest BCUT2D eigenvalue weighted by Crippen LogP contribution is 2.39. The molecule has 0 atom stereocenters. The van der Waals surface area contributed by atoms with Crippen LogP contribution in [0.1, 0.15) is 20.9 Å². The van der Waals surface area contributed by atoms with Gasteiger partial charge in [-0.1, -0.05) is 0 Å². The van der Waals surface area contributed by atoms with Crippen LogP contribution in [-0.4, -0.2) is 45.9 Å². The highest BCUT2D eigenvalue weighted by Gasteiger charge is 2.27. The highest BCUT2D eigenvalue weighted by molar-refractivity contribution is 7.16. The molecular weight excluding hydrogens is 350 g/mol. The number of pyridine rings is 1. The minimum atomic E-state index is -0.0954. The summed E-state index contributed by atoms with van der Waals surface area (Å²) in [5.41, 5.74) is 3.80. The van der Waals surface area contributed by atoms with Crippen LogP contribution in [0.2, 0.25) is 0 Å². The summed E-state index contributed by atoms with van der Waals surface area (Å²) in [5.74, 6) is -0.0954. The van der Waals surface area contributed by atoms with Crippen LogP contribution in [-0.2, 0) is 24.6 Å². The average molecular weight is 369 g/mol. The van der Waals surface area contributed by atoms with Gasteiger partial charge in [0.2, 0.25) is 0 Å². The Morgan fingerprint density at radius 3 is 2.92 bits per heavy atom. The molecule has 1 aliphatic rings. The smallest absolute Gasteiger partial charge is 0.260 e. The Bertz CT molecular complexity index is 934. The van der Waals surface area contributed by atoms with Gasteiger partial charge in [0, 0.05) is 48.2 Å². The van der Waals surface area contributed by atoms with Crippen LogP contribution in [0, 0.1) is 0 Å². The Hall–Kier alpha value is -2.58. The largest absolute Gasteiger partial charge is 0.383 e. The van der Waals surface area contributed by atoms with E-state index in [0.29, 0.717) is 23.8 Å². The van der Waals surface area contributed by atoms with Crippen molar-refractivity contribution in [3.8, 4) is 11.3 Å². The number of hydrogen-bond acceptors (Lipinski definition) is 6. The quantitative estimate of drug-likeness (QED) is 0.690. The van der Waals surface area contributed by atoms with Gasteiger partial charge in [-0.25, -0.2) is 4.98 Å². The Labute approximate surface area is 155 Å². The van der Waals surface area contributed by atoms with E-state index in [1.165, 1.54) is 10.6 Å². The van der Waals surface area contributed by atoms with Gasteiger partial charge in [-0.15, -0.1) is 11.3 Å². The van der Waals surface area contributed by atoms with Crippen molar-refractivity contribution in [3.05, 3.63) is 46.9 Å². The van der Waals surface area contributed by atoms with Gasteiger partial charge in [-0.3, -0.25) is 19.4 Å². The van der Waals surface area contributed by atoms with Crippen LogP contribution in [0.5, 0.6) is 0 Å². The van der Waals surface area contributed by atoms with Crippen molar-refractivity contribution in [3.63, 3.8) is 0 Å². The fourth-order valence-electron chi connectivity index (χ4n) is 3.14. The van der Waals surface area contributed by atoms with Gasteiger partial charge >= 0.3 is 0 Å². The minimum absolute atomic E-state index is 0.0954. The number of fused-ring (bicyclic) bond motifs is 3. The zero-order valence-corrected chi connectivity index (χ0v) is 15.5. The van der Waals surface area contributed by atoms with Crippen molar-refractivity contribution in [2.75, 3.05) is 25.2 Å². The van der Waals surface area contributed by atoms with Crippen molar-refractivity contribution in [1.29, 1.82) is 0 Å². The van der Waals surface area contributed by atoms with Crippen molar-refractivity contribution < 1.29 is 9.53 Å². The molecule has 1 aliphatic carbocycles. The summed E-state index contributed by atoms with van der Waals surface area (Å²) < 4.78 is 7.10. The van der Waals surface area contributed by atoms with Crippen LogP contribution >= 0.6 is 11.3 Å². The van der Waals surface area contributed by atoms with Crippen molar-refractivity contribution >= 4 is 22.4 Å². The lowest BCUT2D eigenvalue weighted by molar-refractivity contribution is 0.0976. The molecule has 26 heavy (non-hydrogen) atoms. The third kappa shape index (κ3) is 2.91. The molecule has 134 valence electrons. The minimum Gasteiger partial charge on any atom is -0.383 e. The number of anilines is 1. The number of hydrogen-bond donors (Lipinski definition) is 0. The maximum atomic E-state index is 13.0. The predicted octanol–water partition coefficient (Wildman–Crippen LogP) is 2.33. The monoisotopic (exact) mass is 369 g/mol. The normalized spacial score (nSPS) is 12.5.